The van der Waals surface area contributed by atoms with Gasteiger partial charge in [0.1, 0.15) is 0 Å². The summed E-state index contributed by atoms with van der Waals surface area (Å²) < 4.78 is 2.12. The lowest BCUT2D eigenvalue weighted by Crippen LogP contribution is -2.62. The highest BCUT2D eigenvalue weighted by molar-refractivity contribution is 5.98. The summed E-state index contributed by atoms with van der Waals surface area (Å²) in [5.41, 5.74) is 8.58. The second-order valence-corrected chi connectivity index (χ2v) is 6.81. The van der Waals surface area contributed by atoms with Crippen LogP contribution < -0.4 is 5.73 Å². The molecular formula is C18H22N4O2. The third-order valence-electron chi connectivity index (χ3n) is 4.86. The van der Waals surface area contributed by atoms with Crippen molar-refractivity contribution in [3.63, 3.8) is 0 Å². The van der Waals surface area contributed by atoms with E-state index >= 15 is 0 Å². The van der Waals surface area contributed by atoms with Crippen LogP contribution in [-0.4, -0.2) is 39.4 Å². The van der Waals surface area contributed by atoms with Crippen LogP contribution in [0.2, 0.25) is 0 Å². The highest BCUT2D eigenvalue weighted by atomic mass is 16.2. The number of aryl methyl sites for hydroxylation is 1. The summed E-state index contributed by atoms with van der Waals surface area (Å²) in [6.07, 6.45) is 3.53. The molecule has 2 aromatic heterocycles. The van der Waals surface area contributed by atoms with Gasteiger partial charge in [-0.1, -0.05) is 0 Å². The summed E-state index contributed by atoms with van der Waals surface area (Å²) in [7, 11) is 0. The number of carbonyl (C=O) groups excluding carboxylic acids is 2. The van der Waals surface area contributed by atoms with Crippen LogP contribution in [0.15, 0.2) is 30.6 Å². The number of rotatable bonds is 4. The quantitative estimate of drug-likeness (QED) is 0.924. The third kappa shape index (κ3) is 2.68. The van der Waals surface area contributed by atoms with Crippen molar-refractivity contribution in [2.75, 3.05) is 13.1 Å². The third-order valence-corrected chi connectivity index (χ3v) is 4.86. The average Bonchev–Trinajstić information content (AvgIpc) is 2.80. The van der Waals surface area contributed by atoms with Crippen molar-refractivity contribution in [1.29, 1.82) is 0 Å². The predicted molar refractivity (Wildman–Crippen MR) is 90.4 cm³/mol. The molecule has 24 heavy (non-hydrogen) atoms. The van der Waals surface area contributed by atoms with Gasteiger partial charge in [-0.25, -0.2) is 0 Å². The lowest BCUT2D eigenvalue weighted by Gasteiger charge is -2.45. The van der Waals surface area contributed by atoms with Gasteiger partial charge in [-0.2, -0.15) is 0 Å². The second kappa shape index (κ2) is 5.78. The first kappa shape index (κ1) is 16.2. The van der Waals surface area contributed by atoms with Gasteiger partial charge in [-0.05, 0) is 44.5 Å². The molecule has 1 aliphatic heterocycles. The summed E-state index contributed by atoms with van der Waals surface area (Å²) >= 11 is 0. The van der Waals surface area contributed by atoms with Crippen molar-refractivity contribution in [3.8, 4) is 0 Å². The molecule has 1 fully saturated rings. The van der Waals surface area contributed by atoms with Crippen LogP contribution in [0.25, 0.3) is 0 Å². The zero-order valence-electron chi connectivity index (χ0n) is 14.2. The number of hydrogen-bond acceptors (Lipinski definition) is 3. The number of carbonyl (C=O) groups is 2. The lowest BCUT2D eigenvalue weighted by atomic mass is 9.81. The number of nitrogens with zero attached hydrogens (tertiary/aromatic N) is 3. The molecule has 0 bridgehead atoms. The smallest absolute Gasteiger partial charge is 0.255 e. The number of amides is 2. The Kier molecular flexibility index (Phi) is 3.91. The van der Waals surface area contributed by atoms with Gasteiger partial charge < -0.3 is 15.2 Å². The summed E-state index contributed by atoms with van der Waals surface area (Å²) in [6.45, 7) is 7.21. The normalized spacial score (nSPS) is 15.9. The van der Waals surface area contributed by atoms with Crippen molar-refractivity contribution in [2.24, 2.45) is 11.1 Å². The Hall–Kier alpha value is -2.63. The first-order chi connectivity index (χ1) is 11.3. The highest BCUT2D eigenvalue weighted by Gasteiger charge is 2.46. The van der Waals surface area contributed by atoms with Gasteiger partial charge in [0.2, 0.25) is 5.91 Å². The summed E-state index contributed by atoms with van der Waals surface area (Å²) in [5.74, 6) is -0.391. The minimum absolute atomic E-state index is 0.0391. The van der Waals surface area contributed by atoms with Crippen LogP contribution in [0.3, 0.4) is 0 Å². The Morgan fingerprint density at radius 2 is 1.88 bits per heavy atom. The van der Waals surface area contributed by atoms with Gasteiger partial charge in [0.25, 0.3) is 5.91 Å². The maximum Gasteiger partial charge on any atom is 0.255 e. The molecule has 126 valence electrons. The van der Waals surface area contributed by atoms with E-state index in [4.69, 9.17) is 5.73 Å². The first-order valence-electron chi connectivity index (χ1n) is 7.96. The van der Waals surface area contributed by atoms with E-state index in [-0.39, 0.29) is 11.8 Å². The molecule has 6 nitrogen and oxygen atoms in total. The number of pyridine rings is 1. The van der Waals surface area contributed by atoms with Crippen LogP contribution in [-0.2, 0) is 11.3 Å². The first-order valence-corrected chi connectivity index (χ1v) is 7.96. The fourth-order valence-corrected chi connectivity index (χ4v) is 3.20. The molecule has 2 amide bonds. The van der Waals surface area contributed by atoms with Crippen LogP contribution in [0.4, 0.5) is 0 Å². The Morgan fingerprint density at radius 1 is 1.25 bits per heavy atom. The van der Waals surface area contributed by atoms with E-state index in [1.165, 1.54) is 0 Å². The highest BCUT2D eigenvalue weighted by Crippen LogP contribution is 2.31. The molecule has 0 saturated carbocycles. The molecule has 0 radical (unpaired) electrons. The molecule has 0 unspecified atom stereocenters. The van der Waals surface area contributed by atoms with Crippen LogP contribution in [0, 0.1) is 19.3 Å². The van der Waals surface area contributed by atoms with E-state index in [2.05, 4.69) is 9.55 Å². The minimum Gasteiger partial charge on any atom is -0.369 e. The van der Waals surface area contributed by atoms with E-state index in [0.717, 1.165) is 17.0 Å². The Bertz CT molecular complexity index is 789. The Morgan fingerprint density at radius 3 is 2.46 bits per heavy atom. The standard InChI is InChI=1S/C18H22N4O2/c1-12-8-15(16(23)21-10-18(3,11-21)17(19)24)13(2)22(12)9-14-4-6-20-7-5-14/h4-8H,9-11H2,1-3H3,(H2,19,24). The zero-order chi connectivity index (χ0) is 17.5. The van der Waals surface area contributed by atoms with Gasteiger partial charge in [0.15, 0.2) is 0 Å². The topological polar surface area (TPSA) is 81.2 Å². The molecule has 3 heterocycles. The van der Waals surface area contributed by atoms with Gasteiger partial charge in [-0.15, -0.1) is 0 Å². The predicted octanol–water partition coefficient (Wildman–Crippen LogP) is 1.50. The summed E-state index contributed by atoms with van der Waals surface area (Å²) in [6, 6.07) is 5.85. The second-order valence-electron chi connectivity index (χ2n) is 6.81. The van der Waals surface area contributed by atoms with Crippen LogP contribution in [0.1, 0.15) is 34.2 Å². The molecule has 0 atom stereocenters. The fraction of sp³-hybridized carbons (Fsp3) is 0.389. The van der Waals surface area contributed by atoms with Crippen molar-refractivity contribution in [2.45, 2.75) is 27.3 Å². The molecule has 6 heteroatoms. The summed E-state index contributed by atoms with van der Waals surface area (Å²) in [5, 5.41) is 0. The van der Waals surface area contributed by atoms with Crippen LogP contribution in [0.5, 0.6) is 0 Å². The van der Waals surface area contributed by atoms with Gasteiger partial charge >= 0.3 is 0 Å². The molecule has 0 aliphatic carbocycles. The minimum atomic E-state index is -0.599. The van der Waals surface area contributed by atoms with E-state index in [0.29, 0.717) is 25.2 Å². The fourth-order valence-electron chi connectivity index (χ4n) is 3.20. The van der Waals surface area contributed by atoms with E-state index in [1.54, 1.807) is 24.2 Å². The zero-order valence-corrected chi connectivity index (χ0v) is 14.2. The SMILES string of the molecule is Cc1cc(C(=O)N2CC(C)(C(N)=O)C2)c(C)n1Cc1ccncc1. The van der Waals surface area contributed by atoms with Crippen molar-refractivity contribution in [1.82, 2.24) is 14.5 Å². The monoisotopic (exact) mass is 326 g/mol. The maximum absolute atomic E-state index is 12.7. The molecule has 2 aromatic rings. The molecule has 3 rings (SSSR count). The molecule has 1 aliphatic rings. The van der Waals surface area contributed by atoms with Gasteiger partial charge in [-0.3, -0.25) is 14.6 Å². The molecular weight excluding hydrogens is 304 g/mol. The lowest BCUT2D eigenvalue weighted by molar-refractivity contribution is -0.134. The molecule has 1 saturated heterocycles. The van der Waals surface area contributed by atoms with Gasteiger partial charge in [0.05, 0.1) is 11.0 Å². The van der Waals surface area contributed by atoms with Gasteiger partial charge in [0, 0.05) is 43.4 Å². The summed E-state index contributed by atoms with van der Waals surface area (Å²) in [4.78, 5) is 29.8. The molecule has 2 N–H and O–H groups in total. The van der Waals surface area contributed by atoms with E-state index in [9.17, 15) is 9.59 Å². The van der Waals surface area contributed by atoms with Crippen molar-refractivity contribution < 1.29 is 9.59 Å². The number of hydrogen-bond donors (Lipinski definition) is 1. The molecule has 0 aromatic carbocycles. The van der Waals surface area contributed by atoms with E-state index < -0.39 is 5.41 Å². The Balaban J connectivity index is 1.79. The van der Waals surface area contributed by atoms with Crippen molar-refractivity contribution in [3.05, 3.63) is 53.1 Å². The average molecular weight is 326 g/mol. The maximum atomic E-state index is 12.7. The molecule has 0 spiro atoms. The van der Waals surface area contributed by atoms with Crippen LogP contribution >= 0.6 is 0 Å². The number of nitrogens with two attached hydrogens (primary N) is 1. The number of aromatic nitrogens is 2. The number of likely N-dealkylation sites (tertiary alicyclic amines) is 1. The Labute approximate surface area is 141 Å². The van der Waals surface area contributed by atoms with E-state index in [1.807, 2.05) is 32.0 Å². The van der Waals surface area contributed by atoms with Crippen molar-refractivity contribution >= 4 is 11.8 Å². The number of primary amides is 1. The largest absolute Gasteiger partial charge is 0.369 e.